The Labute approximate surface area is 203 Å². The summed E-state index contributed by atoms with van der Waals surface area (Å²) in [5, 5.41) is 9.24. The summed E-state index contributed by atoms with van der Waals surface area (Å²) in [4.78, 5) is 26.4. The van der Waals surface area contributed by atoms with Crippen molar-refractivity contribution < 1.29 is 24.2 Å². The molecule has 0 spiro atoms. The lowest BCUT2D eigenvalue weighted by molar-refractivity contribution is -0.145. The molecule has 0 bridgehead atoms. The van der Waals surface area contributed by atoms with Crippen LogP contribution in [0.2, 0.25) is 0 Å². The van der Waals surface area contributed by atoms with Gasteiger partial charge in [0.15, 0.2) is 21.9 Å². The number of amides is 1. The highest BCUT2D eigenvalue weighted by Gasteiger charge is 2.33. The molecule has 1 heterocycles. The summed E-state index contributed by atoms with van der Waals surface area (Å²) in [5.41, 5.74) is 2.69. The molecule has 1 aliphatic heterocycles. The van der Waals surface area contributed by atoms with Gasteiger partial charge in [-0.05, 0) is 60.2 Å². The Kier molecular flexibility index (Phi) is 8.15. The smallest absolute Gasteiger partial charge is 0.344 e. The number of carbonyl (C=O) groups is 2. The van der Waals surface area contributed by atoms with Gasteiger partial charge in [0.25, 0.3) is 5.91 Å². The van der Waals surface area contributed by atoms with Crippen molar-refractivity contribution in [3.8, 4) is 11.5 Å². The fraction of sp³-hybridized carbons (Fsp3) is 0.320. The van der Waals surface area contributed by atoms with E-state index in [1.807, 2.05) is 24.3 Å². The average Bonchev–Trinajstić information content (AvgIpc) is 3.09. The lowest BCUT2D eigenvalue weighted by Crippen LogP contribution is -2.27. The first-order valence-corrected chi connectivity index (χ1v) is 12.0. The zero-order valence-electron chi connectivity index (χ0n) is 19.0. The van der Waals surface area contributed by atoms with Crippen LogP contribution in [-0.4, -0.2) is 34.5 Å². The molecule has 0 aliphatic carbocycles. The van der Waals surface area contributed by atoms with E-state index in [9.17, 15) is 14.7 Å². The Morgan fingerprint density at radius 2 is 1.85 bits per heavy atom. The number of ether oxygens (including phenoxy) is 2. The second kappa shape index (κ2) is 10.9. The van der Waals surface area contributed by atoms with Crippen molar-refractivity contribution in [2.24, 2.45) is 0 Å². The second-order valence-electron chi connectivity index (χ2n) is 7.68. The molecule has 2 aromatic rings. The van der Waals surface area contributed by atoms with E-state index in [0.717, 1.165) is 17.7 Å². The Morgan fingerprint density at radius 1 is 1.15 bits per heavy atom. The van der Waals surface area contributed by atoms with Gasteiger partial charge in [0.1, 0.15) is 0 Å². The van der Waals surface area contributed by atoms with Crippen LogP contribution >= 0.6 is 24.0 Å². The zero-order valence-corrected chi connectivity index (χ0v) is 20.7. The molecule has 1 saturated heterocycles. The van der Waals surface area contributed by atoms with Crippen molar-refractivity contribution in [1.82, 2.24) is 0 Å². The number of hydrogen-bond acceptors (Lipinski definition) is 6. The minimum atomic E-state index is -1.04. The molecule has 8 heteroatoms. The maximum atomic E-state index is 13.1. The molecule has 2 unspecified atom stereocenters. The molecule has 6 nitrogen and oxygen atoms in total. The summed E-state index contributed by atoms with van der Waals surface area (Å²) < 4.78 is 11.4. The molecule has 3 rings (SSSR count). The summed E-state index contributed by atoms with van der Waals surface area (Å²) in [7, 11) is 1.48. The molecule has 1 amide bonds. The molecule has 2 atom stereocenters. The number of methoxy groups -OCH3 is 1. The number of rotatable bonds is 9. The van der Waals surface area contributed by atoms with Crippen LogP contribution in [0.1, 0.15) is 50.7 Å². The minimum Gasteiger partial charge on any atom is -0.493 e. The van der Waals surface area contributed by atoms with Gasteiger partial charge >= 0.3 is 5.97 Å². The molecule has 2 aromatic carbocycles. The van der Waals surface area contributed by atoms with Gasteiger partial charge in [-0.25, -0.2) is 4.79 Å². The highest BCUT2D eigenvalue weighted by atomic mass is 32.2. The first-order valence-electron chi connectivity index (χ1n) is 10.7. The number of carbonyl (C=O) groups excluding carboxylic acids is 1. The van der Waals surface area contributed by atoms with Crippen molar-refractivity contribution in [1.29, 1.82) is 0 Å². The molecule has 33 heavy (non-hydrogen) atoms. The Balaban J connectivity index is 1.83. The van der Waals surface area contributed by atoms with E-state index < -0.39 is 12.1 Å². The van der Waals surface area contributed by atoms with E-state index in [-0.39, 0.29) is 5.91 Å². The number of aliphatic carboxylic acids is 1. The normalized spacial score (nSPS) is 16.7. The molecule has 0 radical (unpaired) electrons. The third-order valence-corrected chi connectivity index (χ3v) is 6.83. The quantitative estimate of drug-likeness (QED) is 0.352. The Morgan fingerprint density at radius 3 is 2.42 bits per heavy atom. The standard InChI is InChI=1S/C25H27NO5S2/c1-5-15(3)17-8-10-18(11-9-17)26-23(27)22(33-25(26)32)14-16-7-12-20(21(13-16)30-4)31-19(6-2)24(28)29/h7-15,19H,5-6H2,1-4H3,(H,28,29)/b22-14+. The third-order valence-electron chi connectivity index (χ3n) is 5.53. The van der Waals surface area contributed by atoms with Gasteiger partial charge in [0, 0.05) is 0 Å². The van der Waals surface area contributed by atoms with Crippen LogP contribution in [0.15, 0.2) is 47.4 Å². The molecule has 1 N–H and O–H groups in total. The largest absolute Gasteiger partial charge is 0.493 e. The lowest BCUT2D eigenvalue weighted by atomic mass is 9.98. The van der Waals surface area contributed by atoms with E-state index in [0.29, 0.717) is 33.1 Å². The SMILES string of the molecule is CCC(Oc1ccc(/C=C2/SC(=S)N(c3ccc(C(C)CC)cc3)C2=O)cc1OC)C(=O)O. The topological polar surface area (TPSA) is 76.1 Å². The predicted molar refractivity (Wildman–Crippen MR) is 136 cm³/mol. The van der Waals surface area contributed by atoms with Gasteiger partial charge in [0.2, 0.25) is 0 Å². The van der Waals surface area contributed by atoms with Crippen molar-refractivity contribution in [2.75, 3.05) is 12.0 Å². The summed E-state index contributed by atoms with van der Waals surface area (Å²) in [6, 6.07) is 13.0. The highest BCUT2D eigenvalue weighted by molar-refractivity contribution is 8.27. The van der Waals surface area contributed by atoms with Crippen molar-refractivity contribution in [3.63, 3.8) is 0 Å². The van der Waals surface area contributed by atoms with Gasteiger partial charge in [-0.1, -0.05) is 63.0 Å². The van der Waals surface area contributed by atoms with Crippen LogP contribution in [0.5, 0.6) is 11.5 Å². The number of thiocarbonyl (C=S) groups is 1. The summed E-state index contributed by atoms with van der Waals surface area (Å²) >= 11 is 6.72. The Hall–Kier alpha value is -2.84. The highest BCUT2D eigenvalue weighted by Crippen LogP contribution is 2.38. The maximum Gasteiger partial charge on any atom is 0.344 e. The average molecular weight is 486 g/mol. The van der Waals surface area contributed by atoms with Crippen molar-refractivity contribution >= 4 is 51.9 Å². The van der Waals surface area contributed by atoms with Crippen LogP contribution in [0.25, 0.3) is 6.08 Å². The third kappa shape index (κ3) is 5.57. The van der Waals surface area contributed by atoms with Gasteiger partial charge in [-0.15, -0.1) is 0 Å². The van der Waals surface area contributed by atoms with Gasteiger partial charge in [-0.3, -0.25) is 9.69 Å². The second-order valence-corrected chi connectivity index (χ2v) is 9.36. The molecular weight excluding hydrogens is 458 g/mol. The number of carboxylic acid groups (broad SMARTS) is 1. The van der Waals surface area contributed by atoms with E-state index in [1.54, 1.807) is 36.1 Å². The van der Waals surface area contributed by atoms with E-state index in [2.05, 4.69) is 13.8 Å². The fourth-order valence-electron chi connectivity index (χ4n) is 3.36. The van der Waals surface area contributed by atoms with Gasteiger partial charge in [0.05, 0.1) is 17.7 Å². The van der Waals surface area contributed by atoms with E-state index >= 15 is 0 Å². The molecule has 174 valence electrons. The summed E-state index contributed by atoms with van der Waals surface area (Å²) in [6.07, 6.45) is 2.15. The van der Waals surface area contributed by atoms with Crippen LogP contribution in [0.4, 0.5) is 5.69 Å². The molecular formula is C25H27NO5S2. The maximum absolute atomic E-state index is 13.1. The van der Waals surface area contributed by atoms with Gasteiger partial charge in [-0.2, -0.15) is 0 Å². The van der Waals surface area contributed by atoms with E-state index in [4.69, 9.17) is 21.7 Å². The predicted octanol–water partition coefficient (Wildman–Crippen LogP) is 5.86. The fourth-order valence-corrected chi connectivity index (χ4v) is 4.66. The first kappa shape index (κ1) is 24.8. The number of nitrogens with zero attached hydrogens (tertiary/aromatic N) is 1. The van der Waals surface area contributed by atoms with Crippen LogP contribution < -0.4 is 14.4 Å². The minimum absolute atomic E-state index is 0.183. The van der Waals surface area contributed by atoms with Gasteiger partial charge < -0.3 is 14.6 Å². The number of anilines is 1. The zero-order chi connectivity index (χ0) is 24.1. The van der Waals surface area contributed by atoms with Crippen molar-refractivity contribution in [2.45, 2.75) is 45.6 Å². The number of hydrogen-bond donors (Lipinski definition) is 1. The lowest BCUT2D eigenvalue weighted by Gasteiger charge is -2.16. The number of carboxylic acids is 1. The van der Waals surface area contributed by atoms with Crippen molar-refractivity contribution in [3.05, 3.63) is 58.5 Å². The number of thioether (sulfide) groups is 1. The van der Waals surface area contributed by atoms with Crippen LogP contribution in [0, 0.1) is 0 Å². The van der Waals surface area contributed by atoms with Crippen LogP contribution in [0.3, 0.4) is 0 Å². The molecule has 0 saturated carbocycles. The summed E-state index contributed by atoms with van der Waals surface area (Å²) in [5.74, 6) is -0.0467. The van der Waals surface area contributed by atoms with E-state index in [1.165, 1.54) is 24.4 Å². The molecule has 1 fully saturated rings. The Bertz CT molecular complexity index is 1080. The summed E-state index contributed by atoms with van der Waals surface area (Å²) in [6.45, 7) is 6.05. The monoisotopic (exact) mass is 485 g/mol. The molecule has 0 aromatic heterocycles. The molecule has 1 aliphatic rings. The number of benzene rings is 2. The first-order chi connectivity index (χ1) is 15.8. The van der Waals surface area contributed by atoms with Crippen LogP contribution in [-0.2, 0) is 9.59 Å².